The van der Waals surface area contributed by atoms with E-state index in [-0.39, 0.29) is 0 Å². The number of hydrogen-bond donors (Lipinski definition) is 1. The van der Waals surface area contributed by atoms with Crippen molar-refractivity contribution in [1.29, 1.82) is 0 Å². The fourth-order valence-corrected chi connectivity index (χ4v) is 3.85. The maximum atomic E-state index is 12.7. The van der Waals surface area contributed by atoms with Crippen LogP contribution in [0.25, 0.3) is 11.1 Å². The molecule has 0 spiro atoms. The maximum absolute atomic E-state index is 12.7. The third kappa shape index (κ3) is 5.50. The van der Waals surface area contributed by atoms with Gasteiger partial charge in [0, 0.05) is 5.56 Å². The van der Waals surface area contributed by atoms with Gasteiger partial charge in [-0.15, -0.1) is 0 Å². The van der Waals surface area contributed by atoms with E-state index in [0.29, 0.717) is 23.3 Å². The largest absolute Gasteiger partial charge is 0.584 e. The van der Waals surface area contributed by atoms with Crippen LogP contribution >= 0.6 is 7.82 Å². The first-order valence-corrected chi connectivity index (χ1v) is 11.3. The predicted octanol–water partition coefficient (Wildman–Crippen LogP) is 7.16. The molecule has 0 bridgehead atoms. The molecular weight excluding hydrogens is 383 g/mol. The molecule has 3 aromatic rings. The monoisotopic (exact) mass is 410 g/mol. The Morgan fingerprint density at radius 1 is 0.759 bits per heavy atom. The molecule has 0 aliphatic rings. The lowest BCUT2D eigenvalue weighted by Crippen LogP contribution is -2.02. The SMILES string of the molecule is CC(C)c1ccc(OP(=O)(O)Oc2ccc(C(C)C)cc2-c2ccccc2)cc1. The molecule has 0 aliphatic heterocycles. The van der Waals surface area contributed by atoms with Crippen molar-refractivity contribution >= 4 is 7.82 Å². The third-order valence-corrected chi connectivity index (χ3v) is 5.61. The molecule has 5 heteroatoms. The van der Waals surface area contributed by atoms with Gasteiger partial charge in [0.1, 0.15) is 11.5 Å². The zero-order valence-corrected chi connectivity index (χ0v) is 18.1. The molecule has 0 fully saturated rings. The molecule has 0 aliphatic carbocycles. The summed E-state index contributed by atoms with van der Waals surface area (Å²) in [5, 5.41) is 0. The minimum absolute atomic E-state index is 0.292. The fourth-order valence-electron chi connectivity index (χ4n) is 3.02. The second-order valence-corrected chi connectivity index (χ2v) is 8.95. The van der Waals surface area contributed by atoms with Crippen molar-refractivity contribution in [2.75, 3.05) is 0 Å². The van der Waals surface area contributed by atoms with Crippen LogP contribution in [-0.4, -0.2) is 4.89 Å². The van der Waals surface area contributed by atoms with E-state index in [9.17, 15) is 9.46 Å². The Hall–Kier alpha value is -2.55. The topological polar surface area (TPSA) is 55.8 Å². The van der Waals surface area contributed by atoms with E-state index in [2.05, 4.69) is 27.7 Å². The van der Waals surface area contributed by atoms with Crippen molar-refractivity contribution in [3.8, 4) is 22.6 Å². The first-order chi connectivity index (χ1) is 13.7. The molecule has 0 saturated carbocycles. The Kier molecular flexibility index (Phi) is 6.46. The van der Waals surface area contributed by atoms with E-state index < -0.39 is 7.82 Å². The average molecular weight is 410 g/mol. The van der Waals surface area contributed by atoms with Crippen LogP contribution in [0.5, 0.6) is 11.5 Å². The minimum atomic E-state index is -4.36. The second-order valence-electron chi connectivity index (χ2n) is 7.65. The zero-order valence-electron chi connectivity index (χ0n) is 17.2. The highest BCUT2D eigenvalue weighted by Crippen LogP contribution is 2.47. The number of phosphoric ester groups is 1. The third-order valence-electron chi connectivity index (χ3n) is 4.74. The Bertz CT molecular complexity index is 995. The van der Waals surface area contributed by atoms with Crippen LogP contribution in [-0.2, 0) is 4.57 Å². The average Bonchev–Trinajstić information content (AvgIpc) is 2.68. The van der Waals surface area contributed by atoms with Crippen molar-refractivity contribution in [3.63, 3.8) is 0 Å². The van der Waals surface area contributed by atoms with Crippen molar-refractivity contribution < 1.29 is 18.5 Å². The lowest BCUT2D eigenvalue weighted by Gasteiger charge is -2.18. The molecule has 1 unspecified atom stereocenters. The Morgan fingerprint density at radius 2 is 1.34 bits per heavy atom. The van der Waals surface area contributed by atoms with E-state index in [4.69, 9.17) is 9.05 Å². The highest BCUT2D eigenvalue weighted by molar-refractivity contribution is 7.48. The number of hydrogen-bond acceptors (Lipinski definition) is 3. The van der Waals surface area contributed by atoms with E-state index >= 15 is 0 Å². The highest BCUT2D eigenvalue weighted by Gasteiger charge is 2.27. The van der Waals surface area contributed by atoms with Crippen molar-refractivity contribution in [3.05, 3.63) is 83.9 Å². The summed E-state index contributed by atoms with van der Waals surface area (Å²) in [7, 11) is -4.36. The molecule has 0 radical (unpaired) electrons. The van der Waals surface area contributed by atoms with E-state index in [1.807, 2.05) is 54.6 Å². The van der Waals surface area contributed by atoms with Crippen LogP contribution < -0.4 is 9.05 Å². The first-order valence-electron chi connectivity index (χ1n) is 9.76. The van der Waals surface area contributed by atoms with E-state index in [1.165, 1.54) is 0 Å². The predicted molar refractivity (Wildman–Crippen MR) is 118 cm³/mol. The highest BCUT2D eigenvalue weighted by atomic mass is 31.2. The van der Waals surface area contributed by atoms with Crippen LogP contribution in [0.2, 0.25) is 0 Å². The molecule has 0 aromatic heterocycles. The van der Waals surface area contributed by atoms with Gasteiger partial charge in [0.25, 0.3) is 0 Å². The van der Waals surface area contributed by atoms with Gasteiger partial charge in [0.2, 0.25) is 0 Å². The molecule has 1 atom stereocenters. The maximum Gasteiger partial charge on any atom is 0.584 e. The van der Waals surface area contributed by atoms with Crippen molar-refractivity contribution in [2.45, 2.75) is 39.5 Å². The smallest absolute Gasteiger partial charge is 0.395 e. The number of phosphoric acid groups is 1. The summed E-state index contributed by atoms with van der Waals surface area (Å²) in [6, 6.07) is 22.4. The molecule has 3 aromatic carbocycles. The van der Waals surface area contributed by atoms with Crippen LogP contribution in [0.4, 0.5) is 0 Å². The molecule has 29 heavy (non-hydrogen) atoms. The Morgan fingerprint density at radius 3 is 1.93 bits per heavy atom. The summed E-state index contributed by atoms with van der Waals surface area (Å²) in [6.07, 6.45) is 0. The van der Waals surface area contributed by atoms with Gasteiger partial charge >= 0.3 is 7.82 Å². The molecule has 4 nitrogen and oxygen atoms in total. The van der Waals surface area contributed by atoms with Gasteiger partial charge in [-0.25, -0.2) is 4.57 Å². The van der Waals surface area contributed by atoms with Crippen LogP contribution in [0.3, 0.4) is 0 Å². The fraction of sp³-hybridized carbons (Fsp3) is 0.250. The summed E-state index contributed by atoms with van der Waals surface area (Å²) in [5.74, 6) is 1.29. The Balaban J connectivity index is 1.88. The van der Waals surface area contributed by atoms with Gasteiger partial charge in [-0.2, -0.15) is 0 Å². The van der Waals surface area contributed by atoms with E-state index in [1.54, 1.807) is 18.2 Å². The summed E-state index contributed by atoms with van der Waals surface area (Å²) in [6.45, 7) is 8.38. The van der Waals surface area contributed by atoms with Crippen molar-refractivity contribution in [2.24, 2.45) is 0 Å². The normalized spacial score (nSPS) is 13.3. The summed E-state index contributed by atoms with van der Waals surface area (Å²) in [4.78, 5) is 10.4. The van der Waals surface area contributed by atoms with Crippen LogP contribution in [0.15, 0.2) is 72.8 Å². The molecule has 0 heterocycles. The van der Waals surface area contributed by atoms with Crippen LogP contribution in [0.1, 0.15) is 50.7 Å². The van der Waals surface area contributed by atoms with Gasteiger partial charge in [-0.3, -0.25) is 4.89 Å². The molecule has 0 amide bonds. The summed E-state index contributed by atoms with van der Waals surface area (Å²) >= 11 is 0. The summed E-state index contributed by atoms with van der Waals surface area (Å²) in [5.41, 5.74) is 3.91. The van der Waals surface area contributed by atoms with Gasteiger partial charge in [-0.1, -0.05) is 76.2 Å². The molecule has 3 rings (SSSR count). The lowest BCUT2D eigenvalue weighted by molar-refractivity contribution is 0.291. The van der Waals surface area contributed by atoms with Gasteiger partial charge in [-0.05, 0) is 52.8 Å². The first kappa shape index (κ1) is 21.2. The molecule has 152 valence electrons. The molecule has 0 saturated heterocycles. The molecular formula is C24H27O4P. The lowest BCUT2D eigenvalue weighted by atomic mass is 9.97. The van der Waals surface area contributed by atoms with Crippen LogP contribution in [0, 0.1) is 0 Å². The zero-order chi connectivity index (χ0) is 21.0. The minimum Gasteiger partial charge on any atom is -0.395 e. The second kappa shape index (κ2) is 8.86. The molecule has 1 N–H and O–H groups in total. The summed E-state index contributed by atoms with van der Waals surface area (Å²) < 4.78 is 23.5. The van der Waals surface area contributed by atoms with Gasteiger partial charge in [0.05, 0.1) is 0 Å². The van der Waals surface area contributed by atoms with Crippen molar-refractivity contribution in [1.82, 2.24) is 0 Å². The van der Waals surface area contributed by atoms with Gasteiger partial charge in [0.15, 0.2) is 0 Å². The Labute approximate surface area is 172 Å². The van der Waals surface area contributed by atoms with Gasteiger partial charge < -0.3 is 9.05 Å². The quantitative estimate of drug-likeness (QED) is 0.420. The number of benzene rings is 3. The standard InChI is InChI=1S/C24H27O4P/c1-17(2)19-10-13-22(14-11-19)27-29(25,26)28-24-15-12-21(18(3)4)16-23(24)20-8-6-5-7-9-20/h5-18H,1-4H3,(H,25,26). The number of rotatable bonds is 7. The van der Waals surface area contributed by atoms with E-state index in [0.717, 1.165) is 22.3 Å².